The fourth-order valence-corrected chi connectivity index (χ4v) is 4.77. The average molecular weight is 509 g/mol. The summed E-state index contributed by atoms with van der Waals surface area (Å²) in [4.78, 5) is 5.33. The van der Waals surface area contributed by atoms with Crippen molar-refractivity contribution in [3.05, 3.63) is 84.1 Å². The Morgan fingerprint density at radius 2 is 1.86 bits per heavy atom. The molecule has 6 rings (SSSR count). The molecule has 6 aromatic rings. The monoisotopic (exact) mass is 508 g/mol. The predicted molar refractivity (Wildman–Crippen MR) is 140 cm³/mol. The summed E-state index contributed by atoms with van der Waals surface area (Å²) in [7, 11) is 3.19. The van der Waals surface area contributed by atoms with Crippen LogP contribution in [0.15, 0.2) is 77.3 Å². The van der Waals surface area contributed by atoms with Crippen molar-refractivity contribution in [3.63, 3.8) is 0 Å². The van der Waals surface area contributed by atoms with Crippen LogP contribution >= 0.6 is 11.3 Å². The molecule has 3 aromatic heterocycles. The fraction of sp³-hybridized carbons (Fsp3) is 0.107. The molecule has 0 radical (unpaired) electrons. The first-order valence-electron chi connectivity index (χ1n) is 11.4. The molecule has 0 bridgehead atoms. The van der Waals surface area contributed by atoms with Crippen molar-refractivity contribution in [2.24, 2.45) is 0 Å². The molecule has 0 aliphatic heterocycles. The number of ether oxygens (including phenoxy) is 3. The molecule has 0 amide bonds. The highest BCUT2D eigenvalue weighted by Crippen LogP contribution is 2.37. The maximum atomic E-state index is 9.05. The molecule has 9 heteroatoms. The Labute approximate surface area is 215 Å². The Hall–Kier alpha value is -4.81. The van der Waals surface area contributed by atoms with Crippen LogP contribution in [-0.2, 0) is 6.61 Å². The first kappa shape index (κ1) is 22.6. The lowest BCUT2D eigenvalue weighted by molar-refractivity contribution is 0.307. The second-order valence-corrected chi connectivity index (χ2v) is 9.17. The van der Waals surface area contributed by atoms with Gasteiger partial charge >= 0.3 is 0 Å². The van der Waals surface area contributed by atoms with Gasteiger partial charge in [-0.15, -0.1) is 5.10 Å². The van der Waals surface area contributed by atoms with Gasteiger partial charge in [0.25, 0.3) is 5.19 Å². The first-order valence-corrected chi connectivity index (χ1v) is 12.2. The van der Waals surface area contributed by atoms with Crippen LogP contribution in [-0.4, -0.2) is 28.8 Å². The molecular weight excluding hydrogens is 488 g/mol. The zero-order chi connectivity index (χ0) is 25.4. The van der Waals surface area contributed by atoms with Crippen molar-refractivity contribution in [1.29, 1.82) is 5.26 Å². The van der Waals surface area contributed by atoms with E-state index in [1.807, 2.05) is 60.7 Å². The number of nitrogens with zero attached hydrogens (tertiary/aromatic N) is 4. The number of hydrogen-bond acceptors (Lipinski definition) is 8. The molecule has 0 aliphatic carbocycles. The number of fused-ring (bicyclic) bond motifs is 2. The highest BCUT2D eigenvalue weighted by Gasteiger charge is 2.17. The minimum absolute atomic E-state index is 0.358. The van der Waals surface area contributed by atoms with Gasteiger partial charge in [-0.2, -0.15) is 5.26 Å². The molecule has 182 valence electrons. The number of aromatic nitrogens is 3. The number of hydrogen-bond donors (Lipinski definition) is 0. The minimum Gasteiger partial charge on any atom is -0.496 e. The fourth-order valence-electron chi connectivity index (χ4n) is 4.07. The smallest absolute Gasteiger partial charge is 0.294 e. The lowest BCUT2D eigenvalue weighted by Gasteiger charge is -2.10. The van der Waals surface area contributed by atoms with E-state index in [-0.39, 0.29) is 0 Å². The average Bonchev–Trinajstić information content (AvgIpc) is 3.65. The van der Waals surface area contributed by atoms with Gasteiger partial charge < -0.3 is 18.6 Å². The Bertz CT molecular complexity index is 1740. The Balaban J connectivity index is 1.29. The molecule has 0 N–H and O–H groups in total. The summed E-state index contributed by atoms with van der Waals surface area (Å²) in [5, 5.41) is 14.7. The number of methoxy groups -OCH3 is 2. The van der Waals surface area contributed by atoms with Gasteiger partial charge in [-0.3, -0.25) is 0 Å². The van der Waals surface area contributed by atoms with E-state index in [9.17, 15) is 0 Å². The van der Waals surface area contributed by atoms with Gasteiger partial charge in [-0.1, -0.05) is 30.3 Å². The molecule has 0 atom stereocenters. The molecule has 0 spiro atoms. The van der Waals surface area contributed by atoms with Crippen LogP contribution in [0, 0.1) is 11.3 Å². The van der Waals surface area contributed by atoms with E-state index in [0.717, 1.165) is 22.1 Å². The molecule has 0 saturated heterocycles. The maximum Gasteiger partial charge on any atom is 0.294 e. The Kier molecular flexibility index (Phi) is 5.71. The second-order valence-electron chi connectivity index (χ2n) is 8.25. The van der Waals surface area contributed by atoms with Crippen molar-refractivity contribution in [1.82, 2.24) is 14.6 Å². The normalized spacial score (nSPS) is 11.1. The molecule has 3 aromatic carbocycles. The first-order chi connectivity index (χ1) is 18.1. The topological polar surface area (TPSA) is 94.8 Å². The molecule has 0 saturated carbocycles. The largest absolute Gasteiger partial charge is 0.496 e. The summed E-state index contributed by atoms with van der Waals surface area (Å²) >= 11 is 1.35. The number of furan rings is 1. The van der Waals surface area contributed by atoms with Crippen LogP contribution in [0.4, 0.5) is 0 Å². The molecule has 0 unspecified atom stereocenters. The zero-order valence-corrected chi connectivity index (χ0v) is 20.8. The third-order valence-electron chi connectivity index (χ3n) is 5.93. The number of imidazole rings is 1. The summed E-state index contributed by atoms with van der Waals surface area (Å²) < 4.78 is 24.7. The molecule has 3 heterocycles. The third-order valence-corrected chi connectivity index (χ3v) is 6.81. The molecule has 0 fully saturated rings. The quantitative estimate of drug-likeness (QED) is 0.248. The second kappa shape index (κ2) is 9.33. The van der Waals surface area contributed by atoms with Crippen molar-refractivity contribution in [2.75, 3.05) is 14.2 Å². The summed E-state index contributed by atoms with van der Waals surface area (Å²) in [5.74, 6) is 1.88. The van der Waals surface area contributed by atoms with Gasteiger partial charge in [0.15, 0.2) is 5.76 Å². The van der Waals surface area contributed by atoms with E-state index in [4.69, 9.17) is 23.9 Å². The molecular formula is C28H20N4O4S. The summed E-state index contributed by atoms with van der Waals surface area (Å²) in [6, 6.07) is 23.4. The van der Waals surface area contributed by atoms with E-state index in [0.29, 0.717) is 50.9 Å². The lowest BCUT2D eigenvalue weighted by Crippen LogP contribution is -1.97. The van der Waals surface area contributed by atoms with E-state index in [2.05, 4.69) is 22.2 Å². The maximum absolute atomic E-state index is 9.05. The molecule has 0 aliphatic rings. The Morgan fingerprint density at radius 1 is 1.00 bits per heavy atom. The molecule has 8 nitrogen and oxygen atoms in total. The van der Waals surface area contributed by atoms with Gasteiger partial charge in [-0.05, 0) is 52.3 Å². The number of rotatable bonds is 7. The van der Waals surface area contributed by atoms with Crippen LogP contribution in [0.5, 0.6) is 16.7 Å². The Morgan fingerprint density at radius 3 is 2.62 bits per heavy atom. The standard InChI is InChI=1S/C28H20N4O4S/c1-33-21-11-24(35-16-18-4-3-5-20(10-18)19-8-6-17(14-29)7-9-19)22-13-26(36-25(22)12-21)23-15-32-27(30-23)37-28(31-32)34-2/h3-13,15H,16H2,1-2H3. The molecule has 37 heavy (non-hydrogen) atoms. The van der Waals surface area contributed by atoms with Gasteiger partial charge in [-0.25, -0.2) is 9.50 Å². The van der Waals surface area contributed by atoms with E-state index in [1.54, 1.807) is 24.9 Å². The summed E-state index contributed by atoms with van der Waals surface area (Å²) in [6.45, 7) is 0.358. The van der Waals surface area contributed by atoms with E-state index >= 15 is 0 Å². The van der Waals surface area contributed by atoms with Gasteiger partial charge in [0.05, 0.1) is 37.4 Å². The van der Waals surface area contributed by atoms with Crippen molar-refractivity contribution >= 4 is 27.3 Å². The van der Waals surface area contributed by atoms with Crippen LogP contribution in [0.2, 0.25) is 0 Å². The van der Waals surface area contributed by atoms with Crippen LogP contribution < -0.4 is 14.2 Å². The summed E-state index contributed by atoms with van der Waals surface area (Å²) in [5.41, 5.74) is 5.04. The van der Waals surface area contributed by atoms with Crippen molar-refractivity contribution in [3.8, 4) is 45.3 Å². The van der Waals surface area contributed by atoms with Gasteiger partial charge in [0, 0.05) is 12.1 Å². The zero-order valence-electron chi connectivity index (χ0n) is 20.0. The SMILES string of the molecule is COc1cc(OCc2cccc(-c3ccc(C#N)cc3)c2)c2cc(-c3cn4nc(OC)sc4n3)oc2c1. The highest BCUT2D eigenvalue weighted by atomic mass is 32.1. The summed E-state index contributed by atoms with van der Waals surface area (Å²) in [6.07, 6.45) is 1.80. The predicted octanol–water partition coefficient (Wildman–Crippen LogP) is 6.34. The van der Waals surface area contributed by atoms with Crippen molar-refractivity contribution < 1.29 is 18.6 Å². The van der Waals surface area contributed by atoms with Crippen LogP contribution in [0.25, 0.3) is 38.5 Å². The number of benzene rings is 3. The third kappa shape index (κ3) is 4.35. The van der Waals surface area contributed by atoms with Gasteiger partial charge in [0.2, 0.25) is 4.96 Å². The van der Waals surface area contributed by atoms with E-state index < -0.39 is 0 Å². The van der Waals surface area contributed by atoms with Crippen LogP contribution in [0.1, 0.15) is 11.1 Å². The highest BCUT2D eigenvalue weighted by molar-refractivity contribution is 7.18. The lowest BCUT2D eigenvalue weighted by atomic mass is 10.0. The van der Waals surface area contributed by atoms with E-state index in [1.165, 1.54) is 11.3 Å². The van der Waals surface area contributed by atoms with Crippen LogP contribution in [0.3, 0.4) is 0 Å². The number of nitriles is 1. The minimum atomic E-state index is 0.358. The van der Waals surface area contributed by atoms with Crippen molar-refractivity contribution in [2.45, 2.75) is 6.61 Å². The van der Waals surface area contributed by atoms with Gasteiger partial charge in [0.1, 0.15) is 29.4 Å².